The minimum absolute atomic E-state index is 0.212. The first-order valence-electron chi connectivity index (χ1n) is 6.43. The summed E-state index contributed by atoms with van der Waals surface area (Å²) in [6, 6.07) is 5.02. The Labute approximate surface area is 129 Å². The number of hydrogen-bond donors (Lipinski definition) is 2. The number of carbonyl (C=O) groups excluding carboxylic acids is 2. The monoisotopic (exact) mass is 355 g/mol. The number of ketones is 1. The fourth-order valence-corrected chi connectivity index (χ4v) is 3.05. The summed E-state index contributed by atoms with van der Waals surface area (Å²) >= 11 is 3.31. The van der Waals surface area contributed by atoms with Crippen LogP contribution in [0.5, 0.6) is 0 Å². The van der Waals surface area contributed by atoms with Crippen LogP contribution in [0.1, 0.15) is 19.4 Å². The molecule has 1 fully saturated rings. The Hall–Kier alpha value is -1.28. The summed E-state index contributed by atoms with van der Waals surface area (Å²) in [6.07, 6.45) is -1.31. The molecule has 7 heteroatoms. The molecule has 2 aliphatic rings. The lowest BCUT2D eigenvalue weighted by Crippen LogP contribution is -2.58. The highest BCUT2D eigenvalue weighted by atomic mass is 79.9. The number of hydrogen-bond acceptors (Lipinski definition) is 5. The van der Waals surface area contributed by atoms with E-state index in [9.17, 15) is 14.7 Å². The number of anilines is 1. The zero-order valence-electron chi connectivity index (χ0n) is 11.5. The van der Waals surface area contributed by atoms with E-state index < -0.39 is 29.2 Å². The first-order chi connectivity index (χ1) is 9.75. The largest absolute Gasteiger partial charge is 0.373 e. The van der Waals surface area contributed by atoms with Gasteiger partial charge in [-0.05, 0) is 35.8 Å². The van der Waals surface area contributed by atoms with Crippen molar-refractivity contribution in [3.63, 3.8) is 0 Å². The van der Waals surface area contributed by atoms with Gasteiger partial charge in [0.15, 0.2) is 17.7 Å². The van der Waals surface area contributed by atoms with Crippen molar-refractivity contribution in [3.8, 4) is 0 Å². The first-order valence-corrected chi connectivity index (χ1v) is 7.22. The Bertz CT molecular complexity index is 644. The Kier molecular flexibility index (Phi) is 3.21. The number of Topliss-reactive ketones (excluding diaryl/α,β-unsaturated/α-hetero) is 1. The molecule has 3 rings (SSSR count). The van der Waals surface area contributed by atoms with Gasteiger partial charge in [-0.15, -0.1) is 0 Å². The molecule has 1 aromatic rings. The van der Waals surface area contributed by atoms with Gasteiger partial charge >= 0.3 is 0 Å². The summed E-state index contributed by atoms with van der Waals surface area (Å²) in [5, 5.41) is 13.5. The molecule has 0 saturated carbocycles. The highest BCUT2D eigenvalue weighted by molar-refractivity contribution is 9.10. The van der Waals surface area contributed by atoms with E-state index in [4.69, 9.17) is 9.47 Å². The Balaban J connectivity index is 2.11. The molecule has 2 heterocycles. The molecule has 6 nitrogen and oxygen atoms in total. The highest BCUT2D eigenvalue weighted by Crippen LogP contribution is 2.44. The van der Waals surface area contributed by atoms with Crippen molar-refractivity contribution in [2.75, 3.05) is 11.9 Å². The number of rotatable bonds is 1. The van der Waals surface area contributed by atoms with E-state index >= 15 is 0 Å². The van der Waals surface area contributed by atoms with E-state index in [1.165, 1.54) is 0 Å². The quantitative estimate of drug-likeness (QED) is 0.793. The first kappa shape index (κ1) is 14.6. The summed E-state index contributed by atoms with van der Waals surface area (Å²) in [5.41, 5.74) is -1.29. The van der Waals surface area contributed by atoms with Crippen LogP contribution in [-0.4, -0.2) is 35.3 Å². The van der Waals surface area contributed by atoms with Gasteiger partial charge in [-0.25, -0.2) is 0 Å². The molecule has 0 aromatic heterocycles. The van der Waals surface area contributed by atoms with E-state index in [0.717, 1.165) is 0 Å². The number of aliphatic hydroxyl groups is 1. The maximum Gasteiger partial charge on any atom is 0.264 e. The van der Waals surface area contributed by atoms with E-state index in [2.05, 4.69) is 21.2 Å². The van der Waals surface area contributed by atoms with E-state index in [1.807, 2.05) is 0 Å². The van der Waals surface area contributed by atoms with E-state index in [1.54, 1.807) is 32.0 Å². The molecule has 1 aromatic carbocycles. The van der Waals surface area contributed by atoms with Gasteiger partial charge in [0, 0.05) is 10.0 Å². The Morgan fingerprint density at radius 3 is 2.81 bits per heavy atom. The van der Waals surface area contributed by atoms with Gasteiger partial charge in [0.05, 0.1) is 5.69 Å². The fourth-order valence-electron chi connectivity index (χ4n) is 2.58. The van der Waals surface area contributed by atoms with Crippen LogP contribution in [0.25, 0.3) is 0 Å². The number of nitrogens with one attached hydrogen (secondary N) is 1. The summed E-state index contributed by atoms with van der Waals surface area (Å²) < 4.78 is 11.4. The number of para-hydroxylation sites is 1. The molecule has 1 saturated heterocycles. The second kappa shape index (κ2) is 4.61. The van der Waals surface area contributed by atoms with Gasteiger partial charge in [-0.1, -0.05) is 12.1 Å². The maximum absolute atomic E-state index is 12.3. The maximum atomic E-state index is 12.3. The molecule has 0 unspecified atom stereocenters. The molecule has 0 aliphatic carbocycles. The highest BCUT2D eigenvalue weighted by Gasteiger charge is 2.58. The van der Waals surface area contributed by atoms with Gasteiger partial charge in [-0.3, -0.25) is 9.59 Å². The SMILES string of the molecule is CC1(C)OCC(=O)[C@H]([C@]2(O)C(=O)Nc3c(Br)cccc32)O1. The molecule has 112 valence electrons. The van der Waals surface area contributed by atoms with Crippen LogP contribution in [0.2, 0.25) is 0 Å². The van der Waals surface area contributed by atoms with Gasteiger partial charge in [-0.2, -0.15) is 0 Å². The predicted molar refractivity (Wildman–Crippen MR) is 76.6 cm³/mol. The standard InChI is InChI=1S/C14H14BrNO5/c1-13(2)20-6-9(17)11(21-13)14(19)7-4-3-5-8(15)10(7)16-12(14)18/h3-5,11,19H,6H2,1-2H3,(H,16,18)/t11-,14+/m1/s1. The summed E-state index contributed by atoms with van der Waals surface area (Å²) in [7, 11) is 0. The lowest BCUT2D eigenvalue weighted by Gasteiger charge is -2.40. The Morgan fingerprint density at radius 2 is 2.10 bits per heavy atom. The van der Waals surface area contributed by atoms with Crippen molar-refractivity contribution in [2.45, 2.75) is 31.3 Å². The van der Waals surface area contributed by atoms with Crippen LogP contribution in [0, 0.1) is 0 Å². The third kappa shape index (κ3) is 2.12. The second-order valence-corrected chi connectivity index (χ2v) is 6.39. The number of benzene rings is 1. The Morgan fingerprint density at radius 1 is 1.38 bits per heavy atom. The van der Waals surface area contributed by atoms with Gasteiger partial charge in [0.25, 0.3) is 5.91 Å². The minimum Gasteiger partial charge on any atom is -0.373 e. The molecule has 0 radical (unpaired) electrons. The third-order valence-corrected chi connectivity index (χ3v) is 4.31. The molecule has 0 bridgehead atoms. The van der Waals surface area contributed by atoms with Crippen LogP contribution in [0.3, 0.4) is 0 Å². The average molecular weight is 356 g/mol. The van der Waals surface area contributed by atoms with Crippen molar-refractivity contribution in [3.05, 3.63) is 28.2 Å². The summed E-state index contributed by atoms with van der Waals surface area (Å²) in [5.74, 6) is -2.20. The molecule has 2 atom stereocenters. The van der Waals surface area contributed by atoms with Crippen LogP contribution in [0.15, 0.2) is 22.7 Å². The molecule has 1 amide bonds. The minimum atomic E-state index is -2.06. The third-order valence-electron chi connectivity index (χ3n) is 3.64. The zero-order chi connectivity index (χ0) is 15.4. The number of ether oxygens (including phenoxy) is 2. The van der Waals surface area contributed by atoms with Gasteiger partial charge in [0.2, 0.25) is 5.60 Å². The van der Waals surface area contributed by atoms with Crippen molar-refractivity contribution in [2.24, 2.45) is 0 Å². The van der Waals surface area contributed by atoms with Crippen LogP contribution in [-0.2, 0) is 24.7 Å². The normalized spacial score (nSPS) is 31.0. The van der Waals surface area contributed by atoms with Gasteiger partial charge in [0.1, 0.15) is 6.61 Å². The summed E-state index contributed by atoms with van der Waals surface area (Å²) in [4.78, 5) is 24.4. The molecule has 2 N–H and O–H groups in total. The average Bonchev–Trinajstić information content (AvgIpc) is 2.68. The van der Waals surface area contributed by atoms with Crippen LogP contribution >= 0.6 is 15.9 Å². The molecule has 21 heavy (non-hydrogen) atoms. The zero-order valence-corrected chi connectivity index (χ0v) is 13.1. The summed E-state index contributed by atoms with van der Waals surface area (Å²) in [6.45, 7) is 3.05. The van der Waals surface area contributed by atoms with E-state index in [-0.39, 0.29) is 6.61 Å². The molecular formula is C14H14BrNO5. The van der Waals surface area contributed by atoms with Crippen molar-refractivity contribution < 1.29 is 24.2 Å². The number of fused-ring (bicyclic) bond motifs is 1. The van der Waals surface area contributed by atoms with Crippen molar-refractivity contribution >= 4 is 33.3 Å². The van der Waals surface area contributed by atoms with Crippen LogP contribution in [0.4, 0.5) is 5.69 Å². The fraction of sp³-hybridized carbons (Fsp3) is 0.429. The number of halogens is 1. The molecule has 2 aliphatic heterocycles. The topological polar surface area (TPSA) is 84.9 Å². The van der Waals surface area contributed by atoms with Gasteiger partial charge < -0.3 is 19.9 Å². The van der Waals surface area contributed by atoms with Crippen molar-refractivity contribution in [1.82, 2.24) is 0 Å². The van der Waals surface area contributed by atoms with Crippen molar-refractivity contribution in [1.29, 1.82) is 0 Å². The molecule has 0 spiro atoms. The lowest BCUT2D eigenvalue weighted by atomic mass is 9.86. The number of carbonyl (C=O) groups is 2. The second-order valence-electron chi connectivity index (χ2n) is 5.54. The number of amides is 1. The lowest BCUT2D eigenvalue weighted by molar-refractivity contribution is -0.282. The smallest absolute Gasteiger partial charge is 0.264 e. The predicted octanol–water partition coefficient (Wildman–Crippen LogP) is 1.31. The van der Waals surface area contributed by atoms with Crippen LogP contribution < -0.4 is 5.32 Å². The van der Waals surface area contributed by atoms with E-state index in [0.29, 0.717) is 15.7 Å². The molecular weight excluding hydrogens is 342 g/mol.